The van der Waals surface area contributed by atoms with Gasteiger partial charge in [0, 0.05) is 5.56 Å². The summed E-state index contributed by atoms with van der Waals surface area (Å²) >= 11 is 0. The summed E-state index contributed by atoms with van der Waals surface area (Å²) in [6, 6.07) is 11.8. The van der Waals surface area contributed by atoms with Crippen molar-refractivity contribution in [3.8, 4) is 0 Å². The van der Waals surface area contributed by atoms with Gasteiger partial charge in [-0.25, -0.2) is 16.1 Å². The zero-order valence-corrected chi connectivity index (χ0v) is 15.0. The molecule has 1 aliphatic heterocycles. The standard InChI is InChI=1S/C19H17N5O5/c1-20-19(9-25)16(27)14(26)15(29-19)12-7-8-13-17(21-10-22-24(12)13)23-18(28)11-5-3-2-4-6-11/h2-8,10,14-16,25-27H,9H2,(H,21,22,23,28)/t14-,15-,16-,19?/m0/s1. The highest BCUT2D eigenvalue weighted by molar-refractivity contribution is 6.05. The summed E-state index contributed by atoms with van der Waals surface area (Å²) in [5.41, 5.74) is -0.728. The van der Waals surface area contributed by atoms with Crippen molar-refractivity contribution < 1.29 is 24.9 Å². The van der Waals surface area contributed by atoms with Crippen molar-refractivity contribution in [1.29, 1.82) is 0 Å². The van der Waals surface area contributed by atoms with Crippen LogP contribution in [0.15, 0.2) is 48.8 Å². The maximum absolute atomic E-state index is 12.4. The summed E-state index contributed by atoms with van der Waals surface area (Å²) < 4.78 is 6.94. The topological polar surface area (TPSA) is 134 Å². The molecule has 4 atom stereocenters. The van der Waals surface area contributed by atoms with Gasteiger partial charge in [0.05, 0.1) is 5.69 Å². The highest BCUT2D eigenvalue weighted by Crippen LogP contribution is 2.41. The summed E-state index contributed by atoms with van der Waals surface area (Å²) in [6.45, 7) is 6.45. The first-order chi connectivity index (χ1) is 14.0. The number of hydrogen-bond acceptors (Lipinski definition) is 7. The maximum atomic E-state index is 12.4. The van der Waals surface area contributed by atoms with Crippen LogP contribution in [0.25, 0.3) is 10.4 Å². The van der Waals surface area contributed by atoms with Gasteiger partial charge in [-0.15, -0.1) is 0 Å². The van der Waals surface area contributed by atoms with Crippen molar-refractivity contribution in [2.75, 3.05) is 11.9 Å². The number of aromatic nitrogens is 3. The van der Waals surface area contributed by atoms with Crippen molar-refractivity contribution >= 4 is 17.2 Å². The Balaban J connectivity index is 1.68. The minimum Gasteiger partial charge on any atom is -0.387 e. The third kappa shape index (κ3) is 3.02. The number of benzene rings is 1. The Morgan fingerprint density at radius 1 is 1.28 bits per heavy atom. The van der Waals surface area contributed by atoms with Crippen LogP contribution in [0.4, 0.5) is 5.82 Å². The summed E-state index contributed by atoms with van der Waals surface area (Å²) in [7, 11) is 0. The quantitative estimate of drug-likeness (QED) is 0.469. The van der Waals surface area contributed by atoms with E-state index in [0.717, 1.165) is 0 Å². The fourth-order valence-electron chi connectivity index (χ4n) is 3.32. The molecule has 0 bridgehead atoms. The van der Waals surface area contributed by atoms with Crippen LogP contribution in [0.2, 0.25) is 0 Å². The van der Waals surface area contributed by atoms with Crippen molar-refractivity contribution in [3.05, 3.63) is 71.5 Å². The Morgan fingerprint density at radius 3 is 2.69 bits per heavy atom. The van der Waals surface area contributed by atoms with E-state index >= 15 is 0 Å². The third-order valence-electron chi connectivity index (χ3n) is 4.88. The number of fused-ring (bicyclic) bond motifs is 1. The van der Waals surface area contributed by atoms with Crippen molar-refractivity contribution in [3.63, 3.8) is 0 Å². The lowest BCUT2D eigenvalue weighted by Gasteiger charge is -2.16. The van der Waals surface area contributed by atoms with E-state index in [1.54, 1.807) is 42.5 Å². The number of carbonyl (C=O) groups is 1. The predicted octanol–water partition coefficient (Wildman–Crippen LogP) is 0.383. The number of anilines is 1. The van der Waals surface area contributed by atoms with Crippen molar-refractivity contribution in [1.82, 2.24) is 14.6 Å². The lowest BCUT2D eigenvalue weighted by Crippen LogP contribution is -2.43. The van der Waals surface area contributed by atoms with Gasteiger partial charge in [-0.2, -0.15) is 5.10 Å². The lowest BCUT2D eigenvalue weighted by molar-refractivity contribution is -0.0819. The zero-order chi connectivity index (χ0) is 20.6. The molecular weight excluding hydrogens is 378 g/mol. The Kier molecular flexibility index (Phi) is 4.73. The smallest absolute Gasteiger partial charge is 0.387 e. The van der Waals surface area contributed by atoms with Crippen LogP contribution in [-0.4, -0.2) is 60.4 Å². The van der Waals surface area contributed by atoms with E-state index in [1.807, 2.05) is 0 Å². The van der Waals surface area contributed by atoms with Gasteiger partial charge in [-0.05, 0) is 24.3 Å². The van der Waals surface area contributed by atoms with E-state index < -0.39 is 30.6 Å². The molecule has 10 heteroatoms. The molecule has 10 nitrogen and oxygen atoms in total. The number of amides is 1. The summed E-state index contributed by atoms with van der Waals surface area (Å²) in [5.74, 6) is -0.111. The highest BCUT2D eigenvalue weighted by Gasteiger charge is 2.61. The number of ether oxygens (including phenoxy) is 1. The predicted molar refractivity (Wildman–Crippen MR) is 99.6 cm³/mol. The van der Waals surface area contributed by atoms with Gasteiger partial charge in [0.1, 0.15) is 24.1 Å². The number of aliphatic hydroxyl groups is 3. The van der Waals surface area contributed by atoms with E-state index in [2.05, 4.69) is 20.2 Å². The molecule has 0 radical (unpaired) electrons. The van der Waals surface area contributed by atoms with Crippen molar-refractivity contribution in [2.45, 2.75) is 24.0 Å². The normalized spacial score (nSPS) is 26.3. The van der Waals surface area contributed by atoms with E-state index in [0.29, 0.717) is 16.8 Å². The first-order valence-electron chi connectivity index (χ1n) is 8.73. The van der Waals surface area contributed by atoms with Gasteiger partial charge in [0.25, 0.3) is 5.91 Å². The molecule has 1 aromatic carbocycles. The molecule has 148 valence electrons. The average Bonchev–Trinajstić information content (AvgIpc) is 3.29. The van der Waals surface area contributed by atoms with Gasteiger partial charge < -0.3 is 20.6 Å². The van der Waals surface area contributed by atoms with E-state index in [4.69, 9.17) is 11.3 Å². The van der Waals surface area contributed by atoms with Crippen LogP contribution in [0.1, 0.15) is 22.2 Å². The molecule has 1 unspecified atom stereocenters. The van der Waals surface area contributed by atoms with Crippen LogP contribution < -0.4 is 5.32 Å². The van der Waals surface area contributed by atoms with Crippen LogP contribution in [0, 0.1) is 6.57 Å². The molecule has 1 fully saturated rings. The number of nitrogens with zero attached hydrogens (tertiary/aromatic N) is 4. The van der Waals surface area contributed by atoms with Gasteiger partial charge in [-0.3, -0.25) is 14.4 Å². The number of carbonyl (C=O) groups excluding carboxylic acids is 1. The molecule has 1 amide bonds. The molecule has 4 rings (SSSR count). The molecule has 3 aromatic rings. The summed E-state index contributed by atoms with van der Waals surface area (Å²) in [4.78, 5) is 19.7. The molecule has 4 N–H and O–H groups in total. The molecule has 1 aliphatic rings. The van der Waals surface area contributed by atoms with Gasteiger partial charge in [-0.1, -0.05) is 18.2 Å². The molecular formula is C19H17N5O5. The second-order valence-electron chi connectivity index (χ2n) is 6.57. The fraction of sp³-hybridized carbons (Fsp3) is 0.263. The Bertz CT molecular complexity index is 1100. The molecule has 0 saturated carbocycles. The largest absolute Gasteiger partial charge is 0.389 e. The van der Waals surface area contributed by atoms with Crippen molar-refractivity contribution in [2.24, 2.45) is 0 Å². The lowest BCUT2D eigenvalue weighted by atomic mass is 10.0. The number of hydrogen-bond donors (Lipinski definition) is 4. The minimum atomic E-state index is -1.95. The van der Waals surface area contributed by atoms with Gasteiger partial charge in [0.2, 0.25) is 0 Å². The molecule has 3 heterocycles. The number of rotatable bonds is 4. The molecule has 0 spiro atoms. The van der Waals surface area contributed by atoms with E-state index in [-0.39, 0.29) is 11.7 Å². The minimum absolute atomic E-state index is 0.242. The second kappa shape index (κ2) is 7.23. The average molecular weight is 395 g/mol. The maximum Gasteiger partial charge on any atom is 0.389 e. The van der Waals surface area contributed by atoms with E-state index in [1.165, 1.54) is 10.8 Å². The van der Waals surface area contributed by atoms with E-state index in [9.17, 15) is 20.1 Å². The van der Waals surface area contributed by atoms with Crippen LogP contribution in [-0.2, 0) is 4.74 Å². The first kappa shape index (κ1) is 19.0. The fourth-order valence-corrected chi connectivity index (χ4v) is 3.32. The van der Waals surface area contributed by atoms with Gasteiger partial charge >= 0.3 is 5.72 Å². The Labute approximate surface area is 164 Å². The molecule has 0 aliphatic carbocycles. The summed E-state index contributed by atoms with van der Waals surface area (Å²) in [6.07, 6.45) is -2.93. The Morgan fingerprint density at radius 2 is 2.03 bits per heavy atom. The number of nitrogens with one attached hydrogen (secondary N) is 1. The summed E-state index contributed by atoms with van der Waals surface area (Å²) in [5, 5.41) is 36.9. The van der Waals surface area contributed by atoms with Gasteiger partial charge in [0.15, 0.2) is 18.5 Å². The molecule has 2 aromatic heterocycles. The zero-order valence-electron chi connectivity index (χ0n) is 15.0. The second-order valence-corrected chi connectivity index (χ2v) is 6.57. The van der Waals surface area contributed by atoms with Crippen LogP contribution in [0.5, 0.6) is 0 Å². The van der Waals surface area contributed by atoms with Crippen LogP contribution in [0.3, 0.4) is 0 Å². The SMILES string of the molecule is [C-]#[N+]C1(CO)O[C@@H](c2ccc3c(NC(=O)c4ccccc4)ncnn23)[C@H](O)[C@@H]1O. The van der Waals surface area contributed by atoms with Crippen LogP contribution >= 0.6 is 0 Å². The number of aliphatic hydroxyl groups excluding tert-OH is 3. The highest BCUT2D eigenvalue weighted by atomic mass is 16.6. The third-order valence-corrected chi connectivity index (χ3v) is 4.88. The molecule has 1 saturated heterocycles. The molecule has 29 heavy (non-hydrogen) atoms. The monoisotopic (exact) mass is 395 g/mol. The Hall–Kier alpha value is -3.36. The first-order valence-corrected chi connectivity index (χ1v) is 8.73.